The fourth-order valence-corrected chi connectivity index (χ4v) is 2.07. The Labute approximate surface area is 116 Å². The quantitative estimate of drug-likeness (QED) is 0.736. The van der Waals surface area contributed by atoms with Gasteiger partial charge >= 0.3 is 0 Å². The van der Waals surface area contributed by atoms with Gasteiger partial charge in [-0.25, -0.2) is 0 Å². The van der Waals surface area contributed by atoms with Crippen LogP contribution in [0.2, 0.25) is 0 Å². The van der Waals surface area contributed by atoms with Crippen molar-refractivity contribution in [3.8, 4) is 17.2 Å². The Kier molecular flexibility index (Phi) is 3.13. The molecule has 20 heavy (non-hydrogen) atoms. The van der Waals surface area contributed by atoms with Gasteiger partial charge in [-0.2, -0.15) is 0 Å². The molecule has 0 saturated carbocycles. The molecular weight excluding hydrogens is 252 g/mol. The van der Waals surface area contributed by atoms with Crippen LogP contribution in [0, 0.1) is 0 Å². The zero-order valence-corrected chi connectivity index (χ0v) is 11.0. The maximum atomic E-state index is 5.95. The Morgan fingerprint density at radius 3 is 2.70 bits per heavy atom. The van der Waals surface area contributed by atoms with E-state index in [1.165, 1.54) is 0 Å². The predicted octanol–water partition coefficient (Wildman–Crippen LogP) is 3.62. The molecule has 0 aliphatic rings. The number of benzene rings is 2. The van der Waals surface area contributed by atoms with Crippen LogP contribution >= 0.6 is 0 Å². The van der Waals surface area contributed by atoms with Gasteiger partial charge in [0.05, 0.1) is 7.11 Å². The standard InChI is InChI=1S/C16H14N2O2/c1-19-11-3-2-4-12(9-11)20-16-6-5-15(17)14-10-18-8-7-13(14)16/h2-10H,17H2,1H3. The second kappa shape index (κ2) is 5.09. The number of hydrogen-bond acceptors (Lipinski definition) is 4. The molecule has 3 aromatic rings. The summed E-state index contributed by atoms with van der Waals surface area (Å²) in [6.45, 7) is 0. The number of methoxy groups -OCH3 is 1. The van der Waals surface area contributed by atoms with Crippen molar-refractivity contribution in [1.82, 2.24) is 4.98 Å². The van der Waals surface area contributed by atoms with Gasteiger partial charge in [-0.15, -0.1) is 0 Å². The van der Waals surface area contributed by atoms with Crippen molar-refractivity contribution in [3.63, 3.8) is 0 Å². The Morgan fingerprint density at radius 2 is 1.85 bits per heavy atom. The third-order valence-electron chi connectivity index (χ3n) is 3.08. The zero-order valence-electron chi connectivity index (χ0n) is 11.0. The van der Waals surface area contributed by atoms with Crippen LogP contribution in [0.3, 0.4) is 0 Å². The molecule has 100 valence electrons. The summed E-state index contributed by atoms with van der Waals surface area (Å²) in [5.74, 6) is 2.21. The first-order chi connectivity index (χ1) is 9.78. The maximum absolute atomic E-state index is 5.95. The van der Waals surface area contributed by atoms with Crippen molar-refractivity contribution in [2.75, 3.05) is 12.8 Å². The van der Waals surface area contributed by atoms with E-state index in [0.717, 1.165) is 22.3 Å². The van der Waals surface area contributed by atoms with Crippen molar-refractivity contribution < 1.29 is 9.47 Å². The van der Waals surface area contributed by atoms with Crippen LogP contribution in [0.1, 0.15) is 0 Å². The Balaban J connectivity index is 2.04. The van der Waals surface area contributed by atoms with Crippen LogP contribution < -0.4 is 15.2 Å². The number of rotatable bonds is 3. The van der Waals surface area contributed by atoms with Gasteiger partial charge in [0, 0.05) is 34.9 Å². The largest absolute Gasteiger partial charge is 0.497 e. The maximum Gasteiger partial charge on any atom is 0.135 e. The highest BCUT2D eigenvalue weighted by molar-refractivity contribution is 5.96. The van der Waals surface area contributed by atoms with Crippen LogP contribution in [-0.2, 0) is 0 Å². The van der Waals surface area contributed by atoms with E-state index < -0.39 is 0 Å². The van der Waals surface area contributed by atoms with Gasteiger partial charge in [-0.3, -0.25) is 4.98 Å². The van der Waals surface area contributed by atoms with Crippen LogP contribution in [-0.4, -0.2) is 12.1 Å². The van der Waals surface area contributed by atoms with Crippen molar-refractivity contribution in [3.05, 3.63) is 54.9 Å². The summed E-state index contributed by atoms with van der Waals surface area (Å²) in [6, 6.07) is 13.0. The van der Waals surface area contributed by atoms with Crippen LogP contribution in [0.4, 0.5) is 5.69 Å². The average Bonchev–Trinajstić information content (AvgIpc) is 2.51. The van der Waals surface area contributed by atoms with Gasteiger partial charge in [0.25, 0.3) is 0 Å². The molecule has 0 unspecified atom stereocenters. The number of pyridine rings is 1. The van der Waals surface area contributed by atoms with E-state index in [1.54, 1.807) is 19.5 Å². The van der Waals surface area contributed by atoms with Gasteiger partial charge in [0.15, 0.2) is 0 Å². The second-order valence-corrected chi connectivity index (χ2v) is 4.36. The third-order valence-corrected chi connectivity index (χ3v) is 3.08. The molecule has 1 aromatic heterocycles. The summed E-state index contributed by atoms with van der Waals surface area (Å²) < 4.78 is 11.1. The lowest BCUT2D eigenvalue weighted by Gasteiger charge is -2.11. The van der Waals surface area contributed by atoms with Gasteiger partial charge < -0.3 is 15.2 Å². The molecule has 4 heteroatoms. The van der Waals surface area contributed by atoms with E-state index in [9.17, 15) is 0 Å². The van der Waals surface area contributed by atoms with Crippen molar-refractivity contribution in [2.45, 2.75) is 0 Å². The molecule has 0 fully saturated rings. The summed E-state index contributed by atoms with van der Waals surface area (Å²) in [5.41, 5.74) is 6.63. The molecule has 2 N–H and O–H groups in total. The van der Waals surface area contributed by atoms with Gasteiger partial charge in [-0.05, 0) is 30.3 Å². The average molecular weight is 266 g/mol. The van der Waals surface area contributed by atoms with E-state index in [-0.39, 0.29) is 0 Å². The molecule has 0 atom stereocenters. The molecule has 0 bridgehead atoms. The molecule has 0 amide bonds. The number of aromatic nitrogens is 1. The zero-order chi connectivity index (χ0) is 13.9. The first kappa shape index (κ1) is 12.3. The minimum Gasteiger partial charge on any atom is -0.497 e. The highest BCUT2D eigenvalue weighted by Crippen LogP contribution is 2.33. The Hall–Kier alpha value is -2.75. The van der Waals surface area contributed by atoms with E-state index >= 15 is 0 Å². The van der Waals surface area contributed by atoms with Gasteiger partial charge in [0.2, 0.25) is 0 Å². The Morgan fingerprint density at radius 1 is 1.00 bits per heavy atom. The smallest absolute Gasteiger partial charge is 0.135 e. The van der Waals surface area contributed by atoms with E-state index in [2.05, 4.69) is 4.98 Å². The fraction of sp³-hybridized carbons (Fsp3) is 0.0625. The van der Waals surface area contributed by atoms with Gasteiger partial charge in [0.1, 0.15) is 17.2 Å². The monoisotopic (exact) mass is 266 g/mol. The molecule has 0 saturated heterocycles. The minimum atomic E-state index is 0.686. The lowest BCUT2D eigenvalue weighted by Crippen LogP contribution is -1.91. The normalized spacial score (nSPS) is 10.4. The van der Waals surface area contributed by atoms with E-state index in [1.807, 2.05) is 42.5 Å². The number of hydrogen-bond donors (Lipinski definition) is 1. The van der Waals surface area contributed by atoms with Crippen molar-refractivity contribution in [2.24, 2.45) is 0 Å². The number of anilines is 1. The second-order valence-electron chi connectivity index (χ2n) is 4.36. The molecule has 4 nitrogen and oxygen atoms in total. The lowest BCUT2D eigenvalue weighted by molar-refractivity contribution is 0.409. The highest BCUT2D eigenvalue weighted by atomic mass is 16.5. The minimum absolute atomic E-state index is 0.686. The number of nitrogen functional groups attached to an aromatic ring is 1. The molecule has 0 aliphatic carbocycles. The fourth-order valence-electron chi connectivity index (χ4n) is 2.07. The Bertz CT molecular complexity index is 756. The lowest BCUT2D eigenvalue weighted by atomic mass is 10.1. The van der Waals surface area contributed by atoms with E-state index in [4.69, 9.17) is 15.2 Å². The summed E-state index contributed by atoms with van der Waals surface area (Å²) in [7, 11) is 1.63. The summed E-state index contributed by atoms with van der Waals surface area (Å²) in [4.78, 5) is 4.09. The molecule has 0 radical (unpaired) electrons. The van der Waals surface area contributed by atoms with Gasteiger partial charge in [-0.1, -0.05) is 6.07 Å². The van der Waals surface area contributed by atoms with Crippen molar-refractivity contribution >= 4 is 16.5 Å². The third kappa shape index (κ3) is 2.23. The highest BCUT2D eigenvalue weighted by Gasteiger charge is 2.06. The van der Waals surface area contributed by atoms with E-state index in [0.29, 0.717) is 11.4 Å². The molecular formula is C16H14N2O2. The summed E-state index contributed by atoms with van der Waals surface area (Å²) in [6.07, 6.45) is 3.46. The molecule has 3 rings (SSSR count). The van der Waals surface area contributed by atoms with Crippen LogP contribution in [0.25, 0.3) is 10.8 Å². The first-order valence-corrected chi connectivity index (χ1v) is 6.22. The number of fused-ring (bicyclic) bond motifs is 1. The number of ether oxygens (including phenoxy) is 2. The van der Waals surface area contributed by atoms with Crippen molar-refractivity contribution in [1.29, 1.82) is 0 Å². The topological polar surface area (TPSA) is 57.4 Å². The summed E-state index contributed by atoms with van der Waals surface area (Å²) in [5, 5.41) is 1.82. The number of nitrogens with zero attached hydrogens (tertiary/aromatic N) is 1. The molecule has 2 aromatic carbocycles. The van der Waals surface area contributed by atoms with Crippen LogP contribution in [0.5, 0.6) is 17.2 Å². The molecule has 0 aliphatic heterocycles. The molecule has 1 heterocycles. The molecule has 0 spiro atoms. The first-order valence-electron chi connectivity index (χ1n) is 6.22. The predicted molar refractivity (Wildman–Crippen MR) is 79.2 cm³/mol. The SMILES string of the molecule is COc1cccc(Oc2ccc(N)c3cnccc23)c1. The number of nitrogens with two attached hydrogens (primary N) is 1. The van der Waals surface area contributed by atoms with Crippen LogP contribution in [0.15, 0.2) is 54.9 Å². The summed E-state index contributed by atoms with van der Waals surface area (Å²) >= 11 is 0.